The SMILES string of the molecule is CO[C@H]1CC(O)O[C@H](C)C1. The van der Waals surface area contributed by atoms with Crippen LogP contribution in [0.4, 0.5) is 0 Å². The lowest BCUT2D eigenvalue weighted by Gasteiger charge is -2.29. The van der Waals surface area contributed by atoms with E-state index in [4.69, 9.17) is 14.6 Å². The van der Waals surface area contributed by atoms with E-state index in [1.807, 2.05) is 6.92 Å². The monoisotopic (exact) mass is 146 g/mol. The molecule has 1 aliphatic rings. The molecule has 0 radical (unpaired) electrons. The first kappa shape index (κ1) is 7.98. The molecule has 1 N–H and O–H groups in total. The Hall–Kier alpha value is -0.120. The van der Waals surface area contributed by atoms with Crippen LogP contribution in [0.2, 0.25) is 0 Å². The summed E-state index contributed by atoms with van der Waals surface area (Å²) >= 11 is 0. The van der Waals surface area contributed by atoms with Crippen molar-refractivity contribution < 1.29 is 14.6 Å². The normalized spacial score (nSPS) is 41.7. The third-order valence-corrected chi connectivity index (χ3v) is 1.78. The second-order valence-corrected chi connectivity index (χ2v) is 2.73. The minimum absolute atomic E-state index is 0.119. The van der Waals surface area contributed by atoms with Gasteiger partial charge in [-0.25, -0.2) is 0 Å². The minimum atomic E-state index is -0.631. The summed E-state index contributed by atoms with van der Waals surface area (Å²) in [4.78, 5) is 0. The van der Waals surface area contributed by atoms with Gasteiger partial charge in [-0.15, -0.1) is 0 Å². The van der Waals surface area contributed by atoms with Crippen LogP contribution in [-0.2, 0) is 9.47 Å². The summed E-state index contributed by atoms with van der Waals surface area (Å²) in [5, 5.41) is 9.08. The predicted octanol–water partition coefficient (Wildman–Crippen LogP) is 0.519. The van der Waals surface area contributed by atoms with Gasteiger partial charge in [0.05, 0.1) is 12.2 Å². The first-order valence-corrected chi connectivity index (χ1v) is 3.58. The molecule has 3 nitrogen and oxygen atoms in total. The largest absolute Gasteiger partial charge is 0.381 e. The average Bonchev–Trinajstić information content (AvgIpc) is 1.85. The second kappa shape index (κ2) is 3.32. The molecule has 0 spiro atoms. The van der Waals surface area contributed by atoms with Gasteiger partial charge >= 0.3 is 0 Å². The molecule has 60 valence electrons. The van der Waals surface area contributed by atoms with Gasteiger partial charge in [-0.2, -0.15) is 0 Å². The molecule has 10 heavy (non-hydrogen) atoms. The van der Waals surface area contributed by atoms with Crippen LogP contribution in [-0.4, -0.2) is 30.7 Å². The fourth-order valence-corrected chi connectivity index (χ4v) is 1.26. The van der Waals surface area contributed by atoms with E-state index in [9.17, 15) is 0 Å². The molecular formula is C7H14O3. The van der Waals surface area contributed by atoms with Gasteiger partial charge in [0.25, 0.3) is 0 Å². The van der Waals surface area contributed by atoms with Gasteiger partial charge in [-0.1, -0.05) is 0 Å². The average molecular weight is 146 g/mol. The standard InChI is InChI=1S/C7H14O3/c1-5-3-6(9-2)4-7(8)10-5/h5-8H,3-4H2,1-2H3/t5-,6-,7?/m1/s1. The zero-order valence-electron chi connectivity index (χ0n) is 6.41. The number of aliphatic hydroxyl groups excluding tert-OH is 1. The summed E-state index contributed by atoms with van der Waals surface area (Å²) in [6.07, 6.45) is 1.13. The van der Waals surface area contributed by atoms with E-state index >= 15 is 0 Å². The number of hydrogen-bond donors (Lipinski definition) is 1. The predicted molar refractivity (Wildman–Crippen MR) is 36.6 cm³/mol. The van der Waals surface area contributed by atoms with E-state index in [0.717, 1.165) is 6.42 Å². The topological polar surface area (TPSA) is 38.7 Å². The quantitative estimate of drug-likeness (QED) is 0.586. The van der Waals surface area contributed by atoms with E-state index in [2.05, 4.69) is 0 Å². The van der Waals surface area contributed by atoms with Crippen LogP contribution < -0.4 is 0 Å². The molecule has 1 rings (SSSR count). The van der Waals surface area contributed by atoms with Crippen molar-refractivity contribution in [2.75, 3.05) is 7.11 Å². The number of methoxy groups -OCH3 is 1. The summed E-state index contributed by atoms with van der Waals surface area (Å²) in [6.45, 7) is 1.94. The van der Waals surface area contributed by atoms with Crippen LogP contribution in [0.5, 0.6) is 0 Å². The lowest BCUT2D eigenvalue weighted by molar-refractivity contribution is -0.188. The van der Waals surface area contributed by atoms with Crippen molar-refractivity contribution in [3.05, 3.63) is 0 Å². The van der Waals surface area contributed by atoms with Gasteiger partial charge in [0.15, 0.2) is 6.29 Å². The van der Waals surface area contributed by atoms with E-state index in [0.29, 0.717) is 6.42 Å². The highest BCUT2D eigenvalue weighted by atomic mass is 16.6. The third kappa shape index (κ3) is 1.94. The van der Waals surface area contributed by atoms with Crippen LogP contribution in [0.1, 0.15) is 19.8 Å². The summed E-state index contributed by atoms with van der Waals surface area (Å²) in [5.41, 5.74) is 0. The summed E-state index contributed by atoms with van der Waals surface area (Å²) in [5.74, 6) is 0. The van der Waals surface area contributed by atoms with Gasteiger partial charge in [0.1, 0.15) is 0 Å². The van der Waals surface area contributed by atoms with E-state index < -0.39 is 6.29 Å². The van der Waals surface area contributed by atoms with Crippen LogP contribution in [0.3, 0.4) is 0 Å². The molecule has 0 amide bonds. The van der Waals surface area contributed by atoms with Crippen molar-refractivity contribution in [2.24, 2.45) is 0 Å². The highest BCUT2D eigenvalue weighted by Crippen LogP contribution is 2.19. The number of ether oxygens (including phenoxy) is 2. The van der Waals surface area contributed by atoms with Crippen molar-refractivity contribution in [3.8, 4) is 0 Å². The molecule has 1 heterocycles. The van der Waals surface area contributed by atoms with Crippen LogP contribution in [0.15, 0.2) is 0 Å². The Morgan fingerprint density at radius 3 is 2.70 bits per heavy atom. The lowest BCUT2D eigenvalue weighted by Crippen LogP contribution is -2.34. The Morgan fingerprint density at radius 2 is 2.20 bits per heavy atom. The zero-order valence-corrected chi connectivity index (χ0v) is 6.41. The molecule has 1 fully saturated rings. The van der Waals surface area contributed by atoms with Gasteiger partial charge in [-0.05, 0) is 13.3 Å². The molecule has 1 unspecified atom stereocenters. The highest BCUT2D eigenvalue weighted by molar-refractivity contribution is 4.69. The molecule has 1 aliphatic heterocycles. The van der Waals surface area contributed by atoms with E-state index in [1.54, 1.807) is 7.11 Å². The Labute approximate surface area is 60.9 Å². The number of hydrogen-bond acceptors (Lipinski definition) is 3. The van der Waals surface area contributed by atoms with Crippen molar-refractivity contribution in [2.45, 2.75) is 38.3 Å². The zero-order chi connectivity index (χ0) is 7.56. The Kier molecular flexibility index (Phi) is 2.65. The first-order valence-electron chi connectivity index (χ1n) is 3.58. The molecule has 0 bridgehead atoms. The minimum Gasteiger partial charge on any atom is -0.381 e. The van der Waals surface area contributed by atoms with Crippen LogP contribution in [0, 0.1) is 0 Å². The molecule has 0 aromatic rings. The molecule has 0 aliphatic carbocycles. The summed E-state index contributed by atoms with van der Waals surface area (Å²) < 4.78 is 10.2. The molecule has 3 atom stereocenters. The number of aliphatic hydroxyl groups is 1. The summed E-state index contributed by atoms with van der Waals surface area (Å²) in [7, 11) is 1.66. The van der Waals surface area contributed by atoms with Crippen molar-refractivity contribution >= 4 is 0 Å². The van der Waals surface area contributed by atoms with Gasteiger partial charge in [0.2, 0.25) is 0 Å². The highest BCUT2D eigenvalue weighted by Gasteiger charge is 2.24. The van der Waals surface area contributed by atoms with Gasteiger partial charge in [0, 0.05) is 13.5 Å². The molecule has 0 aromatic heterocycles. The molecular weight excluding hydrogens is 132 g/mol. The second-order valence-electron chi connectivity index (χ2n) is 2.73. The smallest absolute Gasteiger partial charge is 0.157 e. The van der Waals surface area contributed by atoms with Crippen LogP contribution >= 0.6 is 0 Å². The van der Waals surface area contributed by atoms with Crippen molar-refractivity contribution in [1.29, 1.82) is 0 Å². The Balaban J connectivity index is 2.35. The maximum absolute atomic E-state index is 9.08. The Morgan fingerprint density at radius 1 is 1.50 bits per heavy atom. The van der Waals surface area contributed by atoms with Crippen LogP contribution in [0.25, 0.3) is 0 Å². The molecule has 3 heteroatoms. The lowest BCUT2D eigenvalue weighted by atomic mass is 10.1. The molecule has 1 saturated heterocycles. The number of rotatable bonds is 1. The summed E-state index contributed by atoms with van der Waals surface area (Å²) in [6, 6.07) is 0. The van der Waals surface area contributed by atoms with Gasteiger partial charge in [-0.3, -0.25) is 0 Å². The fraction of sp³-hybridized carbons (Fsp3) is 1.00. The third-order valence-electron chi connectivity index (χ3n) is 1.78. The van der Waals surface area contributed by atoms with Crippen molar-refractivity contribution in [3.63, 3.8) is 0 Å². The van der Waals surface area contributed by atoms with E-state index in [1.165, 1.54) is 0 Å². The molecule has 0 aromatic carbocycles. The van der Waals surface area contributed by atoms with Gasteiger partial charge < -0.3 is 14.6 Å². The Bertz CT molecular complexity index is 95.0. The molecule has 0 saturated carbocycles. The van der Waals surface area contributed by atoms with Crippen molar-refractivity contribution in [1.82, 2.24) is 0 Å². The maximum atomic E-state index is 9.08. The maximum Gasteiger partial charge on any atom is 0.157 e. The fourth-order valence-electron chi connectivity index (χ4n) is 1.26. The van der Waals surface area contributed by atoms with E-state index in [-0.39, 0.29) is 12.2 Å². The first-order chi connectivity index (χ1) is 4.72.